The van der Waals surface area contributed by atoms with Crippen LogP contribution in [-0.4, -0.2) is 35.0 Å². The lowest BCUT2D eigenvalue weighted by Crippen LogP contribution is -2.32. The van der Waals surface area contributed by atoms with E-state index in [2.05, 4.69) is 27.3 Å². The van der Waals surface area contributed by atoms with Crippen LogP contribution in [0.3, 0.4) is 0 Å². The number of carbonyl (C=O) groups is 1. The molecule has 168 valence electrons. The number of amides is 1. The number of benzene rings is 2. The maximum absolute atomic E-state index is 12.4. The maximum Gasteiger partial charge on any atom is 0.273 e. The zero-order valence-electron chi connectivity index (χ0n) is 17.6. The van der Waals surface area contributed by atoms with Gasteiger partial charge in [0.2, 0.25) is 5.89 Å². The Morgan fingerprint density at radius 2 is 1.94 bits per heavy atom. The molecule has 1 atom stereocenters. The molecule has 2 heterocycles. The molecule has 1 aliphatic rings. The molecular weight excluding hydrogens is 449 g/mol. The second kappa shape index (κ2) is 11.0. The van der Waals surface area contributed by atoms with E-state index in [9.17, 15) is 4.79 Å². The van der Waals surface area contributed by atoms with E-state index in [0.29, 0.717) is 42.1 Å². The van der Waals surface area contributed by atoms with Crippen LogP contribution >= 0.6 is 23.2 Å². The minimum atomic E-state index is -0.261. The number of nitrogens with zero attached hydrogens (tertiary/aromatic N) is 2. The molecule has 1 N–H and O–H groups in total. The van der Waals surface area contributed by atoms with Crippen molar-refractivity contribution in [3.8, 4) is 0 Å². The van der Waals surface area contributed by atoms with Gasteiger partial charge in [0, 0.05) is 26.2 Å². The highest BCUT2D eigenvalue weighted by Crippen LogP contribution is 2.27. The van der Waals surface area contributed by atoms with Gasteiger partial charge < -0.3 is 14.5 Å². The summed E-state index contributed by atoms with van der Waals surface area (Å²) in [7, 11) is 0. The van der Waals surface area contributed by atoms with Crippen molar-refractivity contribution in [3.63, 3.8) is 0 Å². The first-order valence-electron chi connectivity index (χ1n) is 10.6. The average molecular weight is 474 g/mol. The van der Waals surface area contributed by atoms with Crippen LogP contribution in [0.4, 0.5) is 0 Å². The zero-order valence-corrected chi connectivity index (χ0v) is 19.1. The highest BCUT2D eigenvalue weighted by atomic mass is 35.5. The van der Waals surface area contributed by atoms with Crippen molar-refractivity contribution in [3.05, 3.63) is 87.6 Å². The van der Waals surface area contributed by atoms with Gasteiger partial charge in [0.25, 0.3) is 5.91 Å². The molecule has 1 fully saturated rings. The summed E-state index contributed by atoms with van der Waals surface area (Å²) in [6.45, 7) is 2.86. The number of hydrogen-bond donors (Lipinski definition) is 1. The van der Waals surface area contributed by atoms with Crippen LogP contribution in [0.2, 0.25) is 10.0 Å². The summed E-state index contributed by atoms with van der Waals surface area (Å²) in [5.41, 5.74) is 2.32. The van der Waals surface area contributed by atoms with Crippen LogP contribution in [0, 0.1) is 0 Å². The molecule has 32 heavy (non-hydrogen) atoms. The van der Waals surface area contributed by atoms with Crippen molar-refractivity contribution < 1.29 is 13.9 Å². The fourth-order valence-electron chi connectivity index (χ4n) is 3.70. The summed E-state index contributed by atoms with van der Waals surface area (Å²) in [5, 5.41) is 3.92. The molecular formula is C24H25Cl2N3O3. The van der Waals surface area contributed by atoms with E-state index in [-0.39, 0.29) is 17.7 Å². The topological polar surface area (TPSA) is 67.6 Å². The maximum atomic E-state index is 12.4. The molecule has 3 aromatic rings. The van der Waals surface area contributed by atoms with E-state index in [1.165, 1.54) is 6.26 Å². The first kappa shape index (κ1) is 22.8. The number of oxazole rings is 1. The van der Waals surface area contributed by atoms with Crippen LogP contribution in [0.5, 0.6) is 0 Å². The first-order valence-corrected chi connectivity index (χ1v) is 11.4. The lowest BCUT2D eigenvalue weighted by atomic mass is 10.1. The number of nitrogens with one attached hydrogen (secondary N) is 1. The lowest BCUT2D eigenvalue weighted by molar-refractivity contribution is 0.0853. The monoisotopic (exact) mass is 473 g/mol. The van der Waals surface area contributed by atoms with Gasteiger partial charge in [0.1, 0.15) is 6.26 Å². The molecule has 1 aromatic heterocycles. The molecule has 4 rings (SSSR count). The van der Waals surface area contributed by atoms with Gasteiger partial charge in [-0.25, -0.2) is 4.98 Å². The van der Waals surface area contributed by atoms with Crippen LogP contribution in [-0.2, 0) is 24.4 Å². The highest BCUT2D eigenvalue weighted by Gasteiger charge is 2.20. The summed E-state index contributed by atoms with van der Waals surface area (Å²) in [4.78, 5) is 19.0. The van der Waals surface area contributed by atoms with Crippen LogP contribution in [0.25, 0.3) is 0 Å². The van der Waals surface area contributed by atoms with Crippen molar-refractivity contribution in [1.29, 1.82) is 0 Å². The SMILES string of the molecule is O=C(NCC1CCCO1)c1coc(CN(Cc2ccccc2)Cc2cccc(Cl)c2Cl)n1. The quantitative estimate of drug-likeness (QED) is 0.468. The number of aromatic nitrogens is 1. The molecule has 0 spiro atoms. The fourth-order valence-corrected chi connectivity index (χ4v) is 4.08. The molecule has 0 aliphatic carbocycles. The summed E-state index contributed by atoms with van der Waals surface area (Å²) < 4.78 is 11.2. The molecule has 1 unspecified atom stereocenters. The third-order valence-corrected chi connectivity index (χ3v) is 6.19. The Morgan fingerprint density at radius 1 is 1.09 bits per heavy atom. The fraction of sp³-hybridized carbons (Fsp3) is 0.333. The van der Waals surface area contributed by atoms with Crippen molar-refractivity contribution >= 4 is 29.1 Å². The standard InChI is InChI=1S/C24H25Cl2N3O3/c25-20-10-4-8-18(23(20)26)14-29(13-17-6-2-1-3-7-17)15-22-28-21(16-32-22)24(30)27-12-19-9-5-11-31-19/h1-4,6-8,10,16,19H,5,9,11-15H2,(H,27,30). The Labute approximate surface area is 197 Å². The third-order valence-electron chi connectivity index (χ3n) is 5.33. The van der Waals surface area contributed by atoms with E-state index in [1.807, 2.05) is 30.3 Å². The van der Waals surface area contributed by atoms with Gasteiger partial charge in [-0.05, 0) is 30.0 Å². The van der Waals surface area contributed by atoms with Crippen molar-refractivity contribution in [2.45, 2.75) is 38.6 Å². The van der Waals surface area contributed by atoms with Gasteiger partial charge in [-0.1, -0.05) is 65.7 Å². The van der Waals surface area contributed by atoms with E-state index in [0.717, 1.165) is 30.6 Å². The van der Waals surface area contributed by atoms with Crippen molar-refractivity contribution in [1.82, 2.24) is 15.2 Å². The van der Waals surface area contributed by atoms with E-state index in [1.54, 1.807) is 6.07 Å². The lowest BCUT2D eigenvalue weighted by Gasteiger charge is -2.22. The summed E-state index contributed by atoms with van der Waals surface area (Å²) in [6.07, 6.45) is 3.47. The largest absolute Gasteiger partial charge is 0.447 e. The van der Waals surface area contributed by atoms with Crippen molar-refractivity contribution in [2.24, 2.45) is 0 Å². The van der Waals surface area contributed by atoms with Crippen LogP contribution in [0.15, 0.2) is 59.2 Å². The Kier molecular flexibility index (Phi) is 7.81. The predicted octanol–water partition coefficient (Wildman–Crippen LogP) is 5.09. The Balaban J connectivity index is 1.44. The molecule has 8 heteroatoms. The number of ether oxygens (including phenoxy) is 1. The van der Waals surface area contributed by atoms with Crippen molar-refractivity contribution in [2.75, 3.05) is 13.2 Å². The van der Waals surface area contributed by atoms with Gasteiger partial charge in [-0.2, -0.15) is 0 Å². The number of rotatable bonds is 9. The van der Waals surface area contributed by atoms with Gasteiger partial charge in [-0.15, -0.1) is 0 Å². The number of halogens is 2. The van der Waals surface area contributed by atoms with Crippen LogP contribution in [0.1, 0.15) is 40.3 Å². The van der Waals surface area contributed by atoms with Gasteiger partial charge in [-0.3, -0.25) is 9.69 Å². The normalized spacial score (nSPS) is 15.9. The molecule has 0 bridgehead atoms. The molecule has 1 aliphatic heterocycles. The predicted molar refractivity (Wildman–Crippen MR) is 124 cm³/mol. The third kappa shape index (κ3) is 6.11. The van der Waals surface area contributed by atoms with E-state index in [4.69, 9.17) is 32.4 Å². The zero-order chi connectivity index (χ0) is 22.3. The first-order chi connectivity index (χ1) is 15.6. The summed E-state index contributed by atoms with van der Waals surface area (Å²) in [5.74, 6) is 0.198. The molecule has 1 saturated heterocycles. The molecule has 2 aromatic carbocycles. The highest BCUT2D eigenvalue weighted by molar-refractivity contribution is 6.42. The molecule has 6 nitrogen and oxygen atoms in total. The average Bonchev–Trinajstić information content (AvgIpc) is 3.48. The van der Waals surface area contributed by atoms with E-state index >= 15 is 0 Å². The smallest absolute Gasteiger partial charge is 0.273 e. The number of hydrogen-bond acceptors (Lipinski definition) is 5. The Morgan fingerprint density at radius 3 is 2.72 bits per heavy atom. The number of carbonyl (C=O) groups excluding carboxylic acids is 1. The Bertz CT molecular complexity index is 1040. The van der Waals surface area contributed by atoms with Crippen LogP contribution < -0.4 is 5.32 Å². The molecule has 1 amide bonds. The van der Waals surface area contributed by atoms with Gasteiger partial charge in [0.15, 0.2) is 5.69 Å². The van der Waals surface area contributed by atoms with Gasteiger partial charge in [0.05, 0.1) is 22.7 Å². The summed E-state index contributed by atoms with van der Waals surface area (Å²) in [6, 6.07) is 15.7. The summed E-state index contributed by atoms with van der Waals surface area (Å²) >= 11 is 12.6. The van der Waals surface area contributed by atoms with E-state index < -0.39 is 0 Å². The molecule has 0 saturated carbocycles. The Hall–Kier alpha value is -2.38. The second-order valence-electron chi connectivity index (χ2n) is 7.82. The minimum Gasteiger partial charge on any atom is -0.447 e. The molecule has 0 radical (unpaired) electrons. The second-order valence-corrected chi connectivity index (χ2v) is 8.60. The van der Waals surface area contributed by atoms with Gasteiger partial charge >= 0.3 is 0 Å². The minimum absolute atomic E-state index is 0.0779.